The van der Waals surface area contributed by atoms with Crippen molar-refractivity contribution in [3.63, 3.8) is 0 Å². The summed E-state index contributed by atoms with van der Waals surface area (Å²) in [5, 5.41) is 0. The minimum absolute atomic E-state index is 0.506. The summed E-state index contributed by atoms with van der Waals surface area (Å²) in [6, 6.07) is 0.506. The topological polar surface area (TPSA) is 30.9 Å². The highest BCUT2D eigenvalue weighted by Gasteiger charge is 2.51. The zero-order valence-electron chi connectivity index (χ0n) is 28.5. The molecule has 0 fully saturated rings. The quantitative estimate of drug-likeness (QED) is 0.0566. The van der Waals surface area contributed by atoms with E-state index in [1.165, 1.54) is 128 Å². The van der Waals surface area contributed by atoms with Crippen LogP contribution in [-0.2, 0) is 13.3 Å². The first-order chi connectivity index (χ1) is 19.7. The number of unbranched alkanes of at least 4 members (excludes halogenated alkanes) is 16. The van der Waals surface area contributed by atoms with Gasteiger partial charge in [0.1, 0.15) is 0 Å². The van der Waals surface area contributed by atoms with Gasteiger partial charge in [0.25, 0.3) is 0 Å². The zero-order valence-corrected chi connectivity index (χ0v) is 29.5. The van der Waals surface area contributed by atoms with Crippen molar-refractivity contribution in [3.8, 4) is 0 Å². The van der Waals surface area contributed by atoms with E-state index in [4.69, 9.17) is 13.3 Å². The molecule has 0 heterocycles. The van der Waals surface area contributed by atoms with Gasteiger partial charge in [-0.05, 0) is 45.1 Å². The van der Waals surface area contributed by atoms with Crippen molar-refractivity contribution >= 4 is 8.97 Å². The normalized spacial score (nSPS) is 12.3. The van der Waals surface area contributed by atoms with E-state index >= 15 is 0 Å². The molecule has 0 aliphatic carbocycles. The molecule has 4 nitrogen and oxygen atoms in total. The molecule has 40 heavy (non-hydrogen) atoms. The number of hydrogen-bond acceptors (Lipinski definition) is 4. The van der Waals surface area contributed by atoms with Gasteiger partial charge in [0.2, 0.25) is 0 Å². The molecule has 0 unspecified atom stereocenters. The number of nitrogens with zero attached hydrogens (tertiary/aromatic N) is 1. The molecule has 0 aromatic heterocycles. The Morgan fingerprint density at radius 2 is 0.725 bits per heavy atom. The Labute approximate surface area is 254 Å². The summed E-state index contributed by atoms with van der Waals surface area (Å²) in [4.78, 5) is 0. The fraction of sp³-hybridized carbons (Fsp3) is 1.00. The lowest BCUT2D eigenvalue weighted by Crippen LogP contribution is -2.64. The summed E-state index contributed by atoms with van der Waals surface area (Å²) < 4.78 is 22.7. The second kappa shape index (κ2) is 30.5. The highest BCUT2D eigenvalue weighted by Crippen LogP contribution is 2.27. The van der Waals surface area contributed by atoms with Gasteiger partial charge < -0.3 is 13.3 Å². The van der Waals surface area contributed by atoms with Gasteiger partial charge in [-0.3, -0.25) is 4.57 Å². The van der Waals surface area contributed by atoms with Gasteiger partial charge in [0.15, 0.2) is 0 Å². The van der Waals surface area contributed by atoms with Crippen LogP contribution in [0.25, 0.3) is 0 Å². The lowest BCUT2D eigenvalue weighted by molar-refractivity contribution is -0.00699. The van der Waals surface area contributed by atoms with Crippen LogP contribution in [0, 0.1) is 0 Å². The van der Waals surface area contributed by atoms with Crippen LogP contribution < -0.4 is 0 Å². The first-order valence-electron chi connectivity index (χ1n) is 18.3. The van der Waals surface area contributed by atoms with E-state index in [-0.39, 0.29) is 0 Å². The average Bonchev–Trinajstić information content (AvgIpc) is 2.97. The Balaban J connectivity index is 5.30. The second-order valence-corrected chi connectivity index (χ2v) is 14.6. The summed E-state index contributed by atoms with van der Waals surface area (Å²) in [5.74, 6) is 0. The van der Waals surface area contributed by atoms with E-state index in [1.54, 1.807) is 0 Å². The third-order valence-corrected chi connectivity index (χ3v) is 11.0. The van der Waals surface area contributed by atoms with Crippen LogP contribution in [0.15, 0.2) is 0 Å². The van der Waals surface area contributed by atoms with E-state index in [0.29, 0.717) is 6.04 Å². The van der Waals surface area contributed by atoms with Crippen molar-refractivity contribution in [2.45, 2.75) is 202 Å². The van der Waals surface area contributed by atoms with Crippen molar-refractivity contribution in [1.82, 2.24) is 4.57 Å². The SMILES string of the molecule is CCCCCCCCCCCC(CCCCCCCCCCC)N(CCC)[Si](OCCC)(OCCC)OCCC. The molecular weight excluding hydrogens is 510 g/mol. The van der Waals surface area contributed by atoms with Gasteiger partial charge in [-0.15, -0.1) is 0 Å². The highest BCUT2D eigenvalue weighted by atomic mass is 28.4. The third kappa shape index (κ3) is 20.9. The van der Waals surface area contributed by atoms with Crippen molar-refractivity contribution in [1.29, 1.82) is 0 Å². The molecule has 0 amide bonds. The molecular formula is C35H75NO3Si. The van der Waals surface area contributed by atoms with Crippen molar-refractivity contribution in [2.24, 2.45) is 0 Å². The summed E-state index contributed by atoms with van der Waals surface area (Å²) in [6.07, 6.45) is 31.6. The lowest BCUT2D eigenvalue weighted by atomic mass is 9.99. The Kier molecular flexibility index (Phi) is 30.6. The predicted octanol–water partition coefficient (Wildman–Crippen LogP) is 11.6. The monoisotopic (exact) mass is 586 g/mol. The molecule has 5 heteroatoms. The Morgan fingerprint density at radius 3 is 1.02 bits per heavy atom. The lowest BCUT2D eigenvalue weighted by Gasteiger charge is -2.43. The molecule has 0 saturated carbocycles. The van der Waals surface area contributed by atoms with Crippen molar-refractivity contribution < 1.29 is 13.3 Å². The Hall–Kier alpha value is 0.0569. The molecule has 0 aliphatic heterocycles. The summed E-state index contributed by atoms with van der Waals surface area (Å²) in [6.45, 7) is 16.7. The molecule has 0 aromatic rings. The van der Waals surface area contributed by atoms with Crippen LogP contribution in [-0.4, -0.2) is 45.9 Å². The molecule has 0 aromatic carbocycles. The van der Waals surface area contributed by atoms with Crippen LogP contribution >= 0.6 is 0 Å². The summed E-state index contributed by atoms with van der Waals surface area (Å²) >= 11 is 0. The van der Waals surface area contributed by atoms with Crippen molar-refractivity contribution in [2.75, 3.05) is 26.4 Å². The van der Waals surface area contributed by atoms with Crippen LogP contribution in [0.4, 0.5) is 0 Å². The van der Waals surface area contributed by atoms with Crippen LogP contribution in [0.5, 0.6) is 0 Å². The number of hydrogen-bond donors (Lipinski definition) is 0. The fourth-order valence-corrected chi connectivity index (χ4v) is 9.02. The molecule has 0 N–H and O–H groups in total. The van der Waals surface area contributed by atoms with Crippen LogP contribution in [0.2, 0.25) is 0 Å². The van der Waals surface area contributed by atoms with E-state index in [0.717, 1.165) is 52.0 Å². The number of rotatable bonds is 33. The average molecular weight is 586 g/mol. The fourth-order valence-electron chi connectivity index (χ4n) is 5.69. The predicted molar refractivity (Wildman–Crippen MR) is 179 cm³/mol. The molecule has 0 aliphatic rings. The van der Waals surface area contributed by atoms with E-state index < -0.39 is 8.97 Å². The maximum atomic E-state index is 6.68. The second-order valence-electron chi connectivity index (χ2n) is 12.2. The van der Waals surface area contributed by atoms with E-state index in [2.05, 4.69) is 46.1 Å². The minimum Gasteiger partial charge on any atom is -0.361 e. The highest BCUT2D eigenvalue weighted by molar-refractivity contribution is 6.57. The molecule has 0 spiro atoms. The van der Waals surface area contributed by atoms with Crippen molar-refractivity contribution in [3.05, 3.63) is 0 Å². The molecule has 0 atom stereocenters. The first-order valence-corrected chi connectivity index (χ1v) is 20.0. The zero-order chi connectivity index (χ0) is 29.6. The maximum Gasteiger partial charge on any atom is 0.599 e. The maximum absolute atomic E-state index is 6.68. The van der Waals surface area contributed by atoms with Gasteiger partial charge in [-0.2, -0.15) is 0 Å². The van der Waals surface area contributed by atoms with Gasteiger partial charge in [-0.25, -0.2) is 0 Å². The van der Waals surface area contributed by atoms with Gasteiger partial charge in [0.05, 0.1) is 0 Å². The van der Waals surface area contributed by atoms with E-state index in [9.17, 15) is 0 Å². The largest absolute Gasteiger partial charge is 0.599 e. The molecule has 0 radical (unpaired) electrons. The Morgan fingerprint density at radius 1 is 0.400 bits per heavy atom. The molecule has 242 valence electrons. The van der Waals surface area contributed by atoms with E-state index in [1.807, 2.05) is 0 Å². The molecule has 0 saturated heterocycles. The minimum atomic E-state index is -2.93. The smallest absolute Gasteiger partial charge is 0.361 e. The van der Waals surface area contributed by atoms with Gasteiger partial charge >= 0.3 is 8.97 Å². The standard InChI is InChI=1S/C35H75NO3Si/c1-7-13-15-17-19-21-23-25-27-29-35(30-28-26-24-22-20-18-16-14-8-2)36(31-9-3)40(37-32-10-4,38-33-11-5)39-34-12-6/h35H,7-34H2,1-6H3. The summed E-state index contributed by atoms with van der Waals surface area (Å²) in [5.41, 5.74) is 0. The van der Waals surface area contributed by atoms with Crippen LogP contribution in [0.3, 0.4) is 0 Å². The summed E-state index contributed by atoms with van der Waals surface area (Å²) in [7, 11) is -2.93. The Bertz CT molecular complexity index is 449. The van der Waals surface area contributed by atoms with Gasteiger partial charge in [-0.1, -0.05) is 157 Å². The van der Waals surface area contributed by atoms with Crippen LogP contribution in [0.1, 0.15) is 196 Å². The first kappa shape index (κ1) is 40.1. The third-order valence-electron chi connectivity index (χ3n) is 8.00. The molecule has 0 rings (SSSR count). The molecule has 0 bridgehead atoms. The van der Waals surface area contributed by atoms with Gasteiger partial charge in [0, 0.05) is 25.9 Å².